The number of thiazole rings is 1. The molecule has 0 spiro atoms. The summed E-state index contributed by atoms with van der Waals surface area (Å²) in [5.74, 6) is -1.14. The SMILES string of the molecule is CCN(CC)CCN(C(=O)CCS(=O)(=O)c1ccc(F)cc1)c1nc2cc(C)cc(C)c2s1. The Labute approximate surface area is 199 Å². The summed E-state index contributed by atoms with van der Waals surface area (Å²) in [6.07, 6.45) is -0.175. The molecule has 0 fully saturated rings. The number of anilines is 1. The van der Waals surface area contributed by atoms with E-state index in [1.807, 2.05) is 19.9 Å². The standard InChI is InChI=1S/C24H30FN3O3S2/c1-5-27(6-2)12-13-28(24-26-21-16-17(3)15-18(4)23(21)32-24)22(29)11-14-33(30,31)20-9-7-19(25)8-10-20/h7-10,15-16H,5-6,11-14H2,1-4H3. The topological polar surface area (TPSA) is 70.6 Å². The zero-order chi connectivity index (χ0) is 24.2. The van der Waals surface area contributed by atoms with Gasteiger partial charge in [-0.3, -0.25) is 9.69 Å². The predicted octanol–water partition coefficient (Wildman–Crippen LogP) is 4.59. The van der Waals surface area contributed by atoms with Gasteiger partial charge in [-0.15, -0.1) is 0 Å². The zero-order valence-corrected chi connectivity index (χ0v) is 21.1. The first-order valence-electron chi connectivity index (χ1n) is 11.0. The molecule has 2 aromatic carbocycles. The number of carbonyl (C=O) groups is 1. The average Bonchev–Trinajstić information content (AvgIpc) is 3.19. The number of nitrogens with zero attached hydrogens (tertiary/aromatic N) is 3. The van der Waals surface area contributed by atoms with Gasteiger partial charge in [-0.2, -0.15) is 0 Å². The molecule has 0 bridgehead atoms. The van der Waals surface area contributed by atoms with Crippen LogP contribution in [-0.2, 0) is 14.6 Å². The van der Waals surface area contributed by atoms with E-state index < -0.39 is 15.7 Å². The van der Waals surface area contributed by atoms with Crippen molar-refractivity contribution in [1.82, 2.24) is 9.88 Å². The van der Waals surface area contributed by atoms with Crippen LogP contribution < -0.4 is 4.90 Å². The van der Waals surface area contributed by atoms with Gasteiger partial charge in [-0.05, 0) is 68.4 Å². The van der Waals surface area contributed by atoms with Crippen molar-refractivity contribution in [2.45, 2.75) is 39.0 Å². The van der Waals surface area contributed by atoms with Gasteiger partial charge in [0.15, 0.2) is 15.0 Å². The van der Waals surface area contributed by atoms with Gasteiger partial charge in [-0.1, -0.05) is 31.3 Å². The lowest BCUT2D eigenvalue weighted by molar-refractivity contribution is -0.118. The lowest BCUT2D eigenvalue weighted by Gasteiger charge is -2.24. The quantitative estimate of drug-likeness (QED) is 0.388. The Morgan fingerprint density at radius 1 is 1.06 bits per heavy atom. The maximum Gasteiger partial charge on any atom is 0.229 e. The van der Waals surface area contributed by atoms with Gasteiger partial charge in [0, 0.05) is 19.5 Å². The lowest BCUT2D eigenvalue weighted by atomic mass is 10.1. The highest BCUT2D eigenvalue weighted by atomic mass is 32.2. The molecular formula is C24H30FN3O3S2. The van der Waals surface area contributed by atoms with E-state index >= 15 is 0 Å². The Kier molecular flexibility index (Phi) is 8.20. The highest BCUT2D eigenvalue weighted by molar-refractivity contribution is 7.91. The molecule has 3 aromatic rings. The van der Waals surface area contributed by atoms with Crippen molar-refractivity contribution in [3.63, 3.8) is 0 Å². The molecule has 1 amide bonds. The number of sulfone groups is 1. The van der Waals surface area contributed by atoms with E-state index in [0.29, 0.717) is 18.2 Å². The third-order valence-corrected chi connectivity index (χ3v) is 8.59. The van der Waals surface area contributed by atoms with Gasteiger partial charge < -0.3 is 4.90 Å². The fourth-order valence-electron chi connectivity index (χ4n) is 3.71. The van der Waals surface area contributed by atoms with E-state index in [0.717, 1.165) is 46.6 Å². The highest BCUT2D eigenvalue weighted by Crippen LogP contribution is 2.32. The van der Waals surface area contributed by atoms with Crippen LogP contribution in [0.5, 0.6) is 0 Å². The van der Waals surface area contributed by atoms with Crippen LogP contribution in [0.15, 0.2) is 41.3 Å². The number of benzene rings is 2. The van der Waals surface area contributed by atoms with Gasteiger partial charge in [-0.25, -0.2) is 17.8 Å². The van der Waals surface area contributed by atoms with Crippen LogP contribution in [0, 0.1) is 19.7 Å². The number of carbonyl (C=O) groups excluding carboxylic acids is 1. The number of likely N-dealkylation sites (N-methyl/N-ethyl adjacent to an activating group) is 1. The van der Waals surface area contributed by atoms with Crippen molar-refractivity contribution in [2.75, 3.05) is 36.8 Å². The summed E-state index contributed by atoms with van der Waals surface area (Å²) in [5.41, 5.74) is 3.04. The molecule has 9 heteroatoms. The molecule has 0 aliphatic carbocycles. The second-order valence-corrected chi connectivity index (χ2v) is 11.1. The number of rotatable bonds is 10. The molecule has 33 heavy (non-hydrogen) atoms. The van der Waals surface area contributed by atoms with Crippen LogP contribution in [0.25, 0.3) is 10.2 Å². The number of halogens is 1. The molecule has 0 aliphatic heterocycles. The summed E-state index contributed by atoms with van der Waals surface area (Å²) in [5, 5.41) is 0.579. The van der Waals surface area contributed by atoms with Gasteiger partial charge in [0.2, 0.25) is 5.91 Å². The van der Waals surface area contributed by atoms with E-state index in [2.05, 4.69) is 24.8 Å². The molecule has 1 heterocycles. The average molecular weight is 492 g/mol. The van der Waals surface area contributed by atoms with E-state index in [9.17, 15) is 17.6 Å². The molecule has 0 atom stereocenters. The number of amides is 1. The van der Waals surface area contributed by atoms with Crippen LogP contribution in [0.1, 0.15) is 31.4 Å². The second kappa shape index (κ2) is 10.7. The fourth-order valence-corrected chi connectivity index (χ4v) is 5.99. The van der Waals surface area contributed by atoms with Crippen molar-refractivity contribution in [3.8, 4) is 0 Å². The Bertz CT molecular complexity index is 1220. The molecule has 0 saturated carbocycles. The minimum absolute atomic E-state index is 0.0116. The van der Waals surface area contributed by atoms with E-state index in [-0.39, 0.29) is 23.0 Å². The Hall–Kier alpha value is -2.36. The summed E-state index contributed by atoms with van der Waals surface area (Å²) in [6, 6.07) is 8.75. The van der Waals surface area contributed by atoms with Gasteiger partial charge in [0.25, 0.3) is 0 Å². The number of aryl methyl sites for hydroxylation is 2. The smallest absolute Gasteiger partial charge is 0.229 e. The van der Waals surface area contributed by atoms with Crippen LogP contribution in [0.3, 0.4) is 0 Å². The summed E-state index contributed by atoms with van der Waals surface area (Å²) in [6.45, 7) is 11.0. The molecule has 3 rings (SSSR count). The highest BCUT2D eigenvalue weighted by Gasteiger charge is 2.24. The van der Waals surface area contributed by atoms with Crippen molar-refractivity contribution in [2.24, 2.45) is 0 Å². The maximum absolute atomic E-state index is 13.2. The molecule has 0 unspecified atom stereocenters. The van der Waals surface area contributed by atoms with E-state index in [1.165, 1.54) is 23.5 Å². The lowest BCUT2D eigenvalue weighted by Crippen LogP contribution is -2.39. The van der Waals surface area contributed by atoms with Crippen LogP contribution >= 0.6 is 11.3 Å². The minimum Gasteiger partial charge on any atom is -0.302 e. The molecule has 0 N–H and O–H groups in total. The summed E-state index contributed by atoms with van der Waals surface area (Å²) in [7, 11) is -3.71. The minimum atomic E-state index is -3.71. The Morgan fingerprint density at radius 2 is 1.73 bits per heavy atom. The number of aromatic nitrogens is 1. The van der Waals surface area contributed by atoms with Gasteiger partial charge >= 0.3 is 0 Å². The molecule has 0 saturated heterocycles. The van der Waals surface area contributed by atoms with E-state index in [1.54, 1.807) is 4.90 Å². The summed E-state index contributed by atoms with van der Waals surface area (Å²) in [4.78, 5) is 21.8. The second-order valence-electron chi connectivity index (χ2n) is 8.02. The van der Waals surface area contributed by atoms with Gasteiger partial charge in [0.1, 0.15) is 5.82 Å². The molecule has 1 aromatic heterocycles. The number of fused-ring (bicyclic) bond motifs is 1. The number of hydrogen-bond donors (Lipinski definition) is 0. The number of hydrogen-bond acceptors (Lipinski definition) is 6. The Morgan fingerprint density at radius 3 is 2.36 bits per heavy atom. The third kappa shape index (κ3) is 6.16. The largest absolute Gasteiger partial charge is 0.302 e. The first-order chi connectivity index (χ1) is 15.6. The van der Waals surface area contributed by atoms with Crippen LogP contribution in [0.2, 0.25) is 0 Å². The predicted molar refractivity (Wildman–Crippen MR) is 132 cm³/mol. The van der Waals surface area contributed by atoms with Crippen LogP contribution in [-0.4, -0.2) is 56.1 Å². The van der Waals surface area contributed by atoms with Crippen molar-refractivity contribution in [1.29, 1.82) is 0 Å². The Balaban J connectivity index is 1.85. The molecule has 6 nitrogen and oxygen atoms in total. The van der Waals surface area contributed by atoms with Gasteiger partial charge in [0.05, 0.1) is 20.9 Å². The van der Waals surface area contributed by atoms with Crippen molar-refractivity contribution in [3.05, 3.63) is 53.3 Å². The van der Waals surface area contributed by atoms with E-state index in [4.69, 9.17) is 4.98 Å². The first kappa shape index (κ1) is 25.3. The van der Waals surface area contributed by atoms with Crippen molar-refractivity contribution >= 4 is 42.4 Å². The van der Waals surface area contributed by atoms with Crippen molar-refractivity contribution < 1.29 is 17.6 Å². The molecular weight excluding hydrogens is 461 g/mol. The maximum atomic E-state index is 13.2. The zero-order valence-electron chi connectivity index (χ0n) is 19.5. The monoisotopic (exact) mass is 491 g/mol. The third-order valence-electron chi connectivity index (χ3n) is 5.63. The van der Waals surface area contributed by atoms with Crippen LogP contribution in [0.4, 0.5) is 9.52 Å². The molecule has 0 aliphatic rings. The first-order valence-corrected chi connectivity index (χ1v) is 13.5. The summed E-state index contributed by atoms with van der Waals surface area (Å²) < 4.78 is 39.5. The summed E-state index contributed by atoms with van der Waals surface area (Å²) >= 11 is 1.45. The molecule has 178 valence electrons. The normalized spacial score (nSPS) is 11.9. The fraction of sp³-hybridized carbons (Fsp3) is 0.417. The molecule has 0 radical (unpaired) electrons.